The Hall–Kier alpha value is -0.510. The van der Waals surface area contributed by atoms with Crippen molar-refractivity contribution in [2.75, 3.05) is 19.6 Å². The Labute approximate surface area is 122 Å². The monoisotopic (exact) mass is 278 g/mol. The first-order valence-corrected chi connectivity index (χ1v) is 8.11. The lowest BCUT2D eigenvalue weighted by molar-refractivity contribution is 0.311. The summed E-state index contributed by atoms with van der Waals surface area (Å²) in [6, 6.07) is 5.31. The maximum absolute atomic E-state index is 3.56. The predicted octanol–water partition coefficient (Wildman–Crippen LogP) is 3.69. The van der Waals surface area contributed by atoms with E-state index < -0.39 is 0 Å². The van der Waals surface area contributed by atoms with E-state index in [9.17, 15) is 0 Å². The third-order valence-corrected chi connectivity index (χ3v) is 5.22. The van der Waals surface area contributed by atoms with E-state index in [0.29, 0.717) is 0 Å². The van der Waals surface area contributed by atoms with Gasteiger partial charge in [0.05, 0.1) is 0 Å². The van der Waals surface area contributed by atoms with Crippen LogP contribution in [0.2, 0.25) is 0 Å². The van der Waals surface area contributed by atoms with Crippen LogP contribution in [0.1, 0.15) is 36.5 Å². The molecule has 0 spiro atoms. The van der Waals surface area contributed by atoms with Gasteiger partial charge in [-0.15, -0.1) is 0 Å². The van der Waals surface area contributed by atoms with Crippen molar-refractivity contribution in [3.05, 3.63) is 28.8 Å². The summed E-state index contributed by atoms with van der Waals surface area (Å²) in [7, 11) is 0. The van der Waals surface area contributed by atoms with Crippen LogP contribution in [0.4, 0.5) is 0 Å². The maximum atomic E-state index is 3.56. The molecule has 0 unspecified atom stereocenters. The summed E-state index contributed by atoms with van der Waals surface area (Å²) < 4.78 is 2.53. The number of hydrogen-bond acceptors (Lipinski definition) is 3. The topological polar surface area (TPSA) is 15.3 Å². The Kier molecular flexibility index (Phi) is 5.31. The number of benzene rings is 1. The molecule has 2 rings (SSSR count). The molecule has 0 radical (unpaired) electrons. The quantitative estimate of drug-likeness (QED) is 0.846. The minimum atomic E-state index is 0.724. The molecule has 0 atom stereocenters. The highest BCUT2D eigenvalue weighted by Crippen LogP contribution is 2.32. The van der Waals surface area contributed by atoms with E-state index in [2.05, 4.69) is 49.4 Å². The van der Waals surface area contributed by atoms with E-state index in [1.54, 1.807) is 0 Å². The number of nitrogens with zero attached hydrogens (tertiary/aromatic N) is 1. The molecular formula is C16H26N2S. The molecule has 1 heterocycles. The van der Waals surface area contributed by atoms with Crippen LogP contribution >= 0.6 is 11.9 Å². The number of hydrogen-bond donors (Lipinski definition) is 1. The summed E-state index contributed by atoms with van der Waals surface area (Å²) in [5.41, 5.74) is 4.19. The van der Waals surface area contributed by atoms with Crippen molar-refractivity contribution in [1.82, 2.24) is 9.62 Å². The van der Waals surface area contributed by atoms with Crippen molar-refractivity contribution in [1.29, 1.82) is 0 Å². The third kappa shape index (κ3) is 3.98. The summed E-state index contributed by atoms with van der Waals surface area (Å²) in [6.07, 6.45) is 2.54. The molecule has 0 saturated carbocycles. The predicted molar refractivity (Wildman–Crippen MR) is 84.8 cm³/mol. The largest absolute Gasteiger partial charge is 0.314 e. The van der Waals surface area contributed by atoms with E-state index in [0.717, 1.165) is 12.6 Å². The smallest absolute Gasteiger partial charge is 0.0288 e. The van der Waals surface area contributed by atoms with E-state index in [-0.39, 0.29) is 0 Å². The van der Waals surface area contributed by atoms with E-state index in [1.807, 2.05) is 11.9 Å². The standard InChI is InChI=1S/C16H26N2S/c1-5-17-15-6-8-18(9-7-15)19-16-13(3)10-12(2)11-14(16)4/h10-11,15,17H,5-9H2,1-4H3. The third-order valence-electron chi connectivity index (χ3n) is 3.77. The fourth-order valence-electron chi connectivity index (χ4n) is 2.88. The van der Waals surface area contributed by atoms with Crippen molar-refractivity contribution in [2.24, 2.45) is 0 Å². The Bertz CT molecular complexity index is 400. The molecule has 0 aliphatic carbocycles. The van der Waals surface area contributed by atoms with Gasteiger partial charge in [-0.1, -0.05) is 24.6 Å². The van der Waals surface area contributed by atoms with Crippen molar-refractivity contribution >= 4 is 11.9 Å². The van der Waals surface area contributed by atoms with Crippen LogP contribution in [0.15, 0.2) is 17.0 Å². The summed E-state index contributed by atoms with van der Waals surface area (Å²) >= 11 is 1.95. The Morgan fingerprint density at radius 3 is 2.26 bits per heavy atom. The van der Waals surface area contributed by atoms with Gasteiger partial charge in [0.15, 0.2) is 0 Å². The van der Waals surface area contributed by atoms with Crippen molar-refractivity contribution < 1.29 is 0 Å². The summed E-state index contributed by atoms with van der Waals surface area (Å²) in [4.78, 5) is 1.45. The van der Waals surface area contributed by atoms with Gasteiger partial charge in [0.25, 0.3) is 0 Å². The van der Waals surface area contributed by atoms with Crippen LogP contribution in [0.5, 0.6) is 0 Å². The van der Waals surface area contributed by atoms with Gasteiger partial charge < -0.3 is 5.32 Å². The zero-order valence-corrected chi connectivity index (χ0v) is 13.4. The first-order valence-electron chi connectivity index (χ1n) is 7.34. The highest BCUT2D eigenvalue weighted by molar-refractivity contribution is 7.97. The highest BCUT2D eigenvalue weighted by Gasteiger charge is 2.20. The summed E-state index contributed by atoms with van der Waals surface area (Å²) in [5, 5.41) is 3.56. The SMILES string of the molecule is CCNC1CCN(Sc2c(C)cc(C)cc2C)CC1. The normalized spacial score (nSPS) is 17.9. The second kappa shape index (κ2) is 6.78. The van der Waals surface area contributed by atoms with Crippen LogP contribution in [0.25, 0.3) is 0 Å². The van der Waals surface area contributed by atoms with E-state index in [4.69, 9.17) is 0 Å². The van der Waals surface area contributed by atoms with Gasteiger partial charge in [0, 0.05) is 24.0 Å². The van der Waals surface area contributed by atoms with Gasteiger partial charge >= 0.3 is 0 Å². The van der Waals surface area contributed by atoms with Crippen LogP contribution in [0, 0.1) is 20.8 Å². The molecule has 0 bridgehead atoms. The van der Waals surface area contributed by atoms with Crippen LogP contribution in [-0.4, -0.2) is 30.0 Å². The van der Waals surface area contributed by atoms with Crippen LogP contribution < -0.4 is 5.32 Å². The van der Waals surface area contributed by atoms with Crippen molar-refractivity contribution in [3.63, 3.8) is 0 Å². The van der Waals surface area contributed by atoms with E-state index >= 15 is 0 Å². The molecule has 1 aliphatic heterocycles. The van der Waals surface area contributed by atoms with Crippen molar-refractivity contribution in [2.45, 2.75) is 51.5 Å². The van der Waals surface area contributed by atoms with Gasteiger partial charge in [-0.05, 0) is 63.2 Å². The van der Waals surface area contributed by atoms with Gasteiger partial charge in [-0.25, -0.2) is 4.31 Å². The molecule has 2 nitrogen and oxygen atoms in total. The summed E-state index contributed by atoms with van der Waals surface area (Å²) in [6.45, 7) is 12.3. The molecule has 1 fully saturated rings. The fraction of sp³-hybridized carbons (Fsp3) is 0.625. The van der Waals surface area contributed by atoms with Gasteiger partial charge in [0.2, 0.25) is 0 Å². The van der Waals surface area contributed by atoms with Gasteiger partial charge in [-0.2, -0.15) is 0 Å². The first kappa shape index (κ1) is 14.9. The van der Waals surface area contributed by atoms with Crippen LogP contribution in [-0.2, 0) is 0 Å². The number of aryl methyl sites for hydroxylation is 3. The fourth-order valence-corrected chi connectivity index (χ4v) is 3.94. The van der Waals surface area contributed by atoms with Gasteiger partial charge in [0.1, 0.15) is 0 Å². The summed E-state index contributed by atoms with van der Waals surface area (Å²) in [5.74, 6) is 0. The molecule has 1 aromatic carbocycles. The average Bonchev–Trinajstić information content (AvgIpc) is 2.36. The molecule has 3 heteroatoms. The first-order chi connectivity index (χ1) is 9.10. The lowest BCUT2D eigenvalue weighted by Crippen LogP contribution is -2.39. The highest BCUT2D eigenvalue weighted by atomic mass is 32.2. The average molecular weight is 278 g/mol. The molecule has 1 N–H and O–H groups in total. The lowest BCUT2D eigenvalue weighted by Gasteiger charge is -2.32. The zero-order valence-electron chi connectivity index (χ0n) is 12.6. The maximum Gasteiger partial charge on any atom is 0.0288 e. The molecule has 1 aliphatic rings. The molecule has 1 saturated heterocycles. The Morgan fingerprint density at radius 1 is 1.16 bits per heavy atom. The van der Waals surface area contributed by atoms with Gasteiger partial charge in [-0.3, -0.25) is 0 Å². The minimum absolute atomic E-state index is 0.724. The molecule has 19 heavy (non-hydrogen) atoms. The second-order valence-electron chi connectivity index (χ2n) is 5.58. The number of rotatable bonds is 4. The molecule has 1 aromatic rings. The lowest BCUT2D eigenvalue weighted by atomic mass is 10.1. The minimum Gasteiger partial charge on any atom is -0.314 e. The molecule has 106 valence electrons. The van der Waals surface area contributed by atoms with Crippen molar-refractivity contribution in [3.8, 4) is 0 Å². The Balaban J connectivity index is 1.96. The molecule has 0 aromatic heterocycles. The number of piperidine rings is 1. The Morgan fingerprint density at radius 2 is 1.74 bits per heavy atom. The zero-order chi connectivity index (χ0) is 13.8. The second-order valence-corrected chi connectivity index (χ2v) is 6.69. The van der Waals surface area contributed by atoms with Crippen LogP contribution in [0.3, 0.4) is 0 Å². The number of nitrogens with one attached hydrogen (secondary N) is 1. The molecular weight excluding hydrogens is 252 g/mol. The van der Waals surface area contributed by atoms with E-state index in [1.165, 1.54) is 47.5 Å². The molecule has 0 amide bonds.